The van der Waals surface area contributed by atoms with Gasteiger partial charge in [-0.1, -0.05) is 6.92 Å². The highest BCUT2D eigenvalue weighted by molar-refractivity contribution is 7.89. The highest BCUT2D eigenvalue weighted by Crippen LogP contribution is 2.10. The normalized spacial score (nSPS) is 12.4. The fourth-order valence-electron chi connectivity index (χ4n) is 2.14. The Morgan fingerprint density at radius 1 is 1.15 bits per heavy atom. The molecule has 140 valence electrons. The Balaban J connectivity index is 1.93. The van der Waals surface area contributed by atoms with Crippen molar-refractivity contribution in [2.75, 3.05) is 6.54 Å². The average Bonchev–Trinajstić information content (AvgIpc) is 3.13. The Labute approximate surface area is 152 Å². The number of hydrogen-bond donors (Lipinski definition) is 3. The maximum Gasteiger partial charge on any atom is 0.251 e. The summed E-state index contributed by atoms with van der Waals surface area (Å²) in [5, 5.41) is 5.21. The molecule has 3 N–H and O–H groups in total. The molecular weight excluding hydrogens is 358 g/mol. The first-order valence-electron chi connectivity index (χ1n) is 8.04. The van der Waals surface area contributed by atoms with E-state index in [4.69, 9.17) is 4.42 Å². The van der Waals surface area contributed by atoms with Gasteiger partial charge in [-0.25, -0.2) is 13.1 Å². The van der Waals surface area contributed by atoms with E-state index >= 15 is 0 Å². The summed E-state index contributed by atoms with van der Waals surface area (Å²) in [5.41, 5.74) is 0.256. The van der Waals surface area contributed by atoms with Crippen LogP contribution in [0, 0.1) is 0 Å². The van der Waals surface area contributed by atoms with E-state index in [0.717, 1.165) is 0 Å². The Kier molecular flexibility index (Phi) is 6.53. The zero-order valence-corrected chi connectivity index (χ0v) is 15.3. The predicted octanol–water partition coefficient (Wildman–Crippen LogP) is 1.01. The first-order valence-corrected chi connectivity index (χ1v) is 9.52. The third kappa shape index (κ3) is 5.17. The average molecular weight is 379 g/mol. The van der Waals surface area contributed by atoms with Gasteiger partial charge in [-0.3, -0.25) is 9.59 Å². The van der Waals surface area contributed by atoms with E-state index in [2.05, 4.69) is 15.4 Å². The van der Waals surface area contributed by atoms with Crippen molar-refractivity contribution in [2.45, 2.75) is 31.3 Å². The molecule has 0 bridgehead atoms. The van der Waals surface area contributed by atoms with Gasteiger partial charge < -0.3 is 15.1 Å². The Bertz CT molecular complexity index is 845. The molecule has 0 aliphatic rings. The van der Waals surface area contributed by atoms with Crippen LogP contribution in [0.2, 0.25) is 0 Å². The highest BCUT2D eigenvalue weighted by atomic mass is 32.2. The van der Waals surface area contributed by atoms with E-state index < -0.39 is 22.0 Å². The van der Waals surface area contributed by atoms with Crippen molar-refractivity contribution in [2.24, 2.45) is 0 Å². The number of rotatable bonds is 8. The van der Waals surface area contributed by atoms with Crippen LogP contribution >= 0.6 is 0 Å². The van der Waals surface area contributed by atoms with Crippen molar-refractivity contribution in [1.29, 1.82) is 0 Å². The summed E-state index contributed by atoms with van der Waals surface area (Å²) >= 11 is 0. The first-order chi connectivity index (χ1) is 12.3. The lowest BCUT2D eigenvalue weighted by Crippen LogP contribution is -2.44. The molecule has 26 heavy (non-hydrogen) atoms. The molecule has 0 aliphatic carbocycles. The fourth-order valence-corrected chi connectivity index (χ4v) is 3.19. The standard InChI is InChI=1S/C17H21N3O5S/c1-3-19-26(23,24)15-8-6-13(7-9-15)17(22)20-12(2)16(21)18-11-14-5-4-10-25-14/h4-10,12,19H,3,11H2,1-2H3,(H,18,21)(H,20,22). The maximum absolute atomic E-state index is 12.2. The van der Waals surface area contributed by atoms with Crippen LogP contribution in [0.25, 0.3) is 0 Å². The van der Waals surface area contributed by atoms with Crippen molar-refractivity contribution >= 4 is 21.8 Å². The SMILES string of the molecule is CCNS(=O)(=O)c1ccc(C(=O)NC(C)C(=O)NCc2ccco2)cc1. The summed E-state index contributed by atoms with van der Waals surface area (Å²) < 4.78 is 31.2. The molecule has 8 nitrogen and oxygen atoms in total. The van der Waals surface area contributed by atoms with Gasteiger partial charge in [-0.15, -0.1) is 0 Å². The van der Waals surface area contributed by atoms with E-state index in [0.29, 0.717) is 5.76 Å². The van der Waals surface area contributed by atoms with Crippen LogP contribution in [0.5, 0.6) is 0 Å². The summed E-state index contributed by atoms with van der Waals surface area (Å²) in [4.78, 5) is 24.3. The Hall–Kier alpha value is -2.65. The van der Waals surface area contributed by atoms with E-state index in [1.165, 1.54) is 30.5 Å². The second-order valence-electron chi connectivity index (χ2n) is 5.52. The molecule has 1 aromatic carbocycles. The zero-order valence-electron chi connectivity index (χ0n) is 14.5. The van der Waals surface area contributed by atoms with Gasteiger partial charge in [0.25, 0.3) is 5.91 Å². The van der Waals surface area contributed by atoms with Crippen LogP contribution in [-0.4, -0.2) is 32.8 Å². The van der Waals surface area contributed by atoms with Gasteiger partial charge in [0.15, 0.2) is 0 Å². The molecule has 2 rings (SSSR count). The minimum absolute atomic E-state index is 0.0696. The Morgan fingerprint density at radius 2 is 1.85 bits per heavy atom. The molecule has 1 atom stereocenters. The maximum atomic E-state index is 12.2. The monoisotopic (exact) mass is 379 g/mol. The van der Waals surface area contributed by atoms with Gasteiger partial charge in [0.2, 0.25) is 15.9 Å². The van der Waals surface area contributed by atoms with Gasteiger partial charge in [0.1, 0.15) is 11.8 Å². The van der Waals surface area contributed by atoms with Crippen molar-refractivity contribution in [3.05, 3.63) is 54.0 Å². The zero-order chi connectivity index (χ0) is 19.2. The largest absolute Gasteiger partial charge is 0.467 e. The molecule has 0 aliphatic heterocycles. The van der Waals surface area contributed by atoms with Crippen LogP contribution in [0.3, 0.4) is 0 Å². The van der Waals surface area contributed by atoms with Crippen molar-refractivity contribution in [1.82, 2.24) is 15.4 Å². The number of nitrogens with one attached hydrogen (secondary N) is 3. The predicted molar refractivity (Wildman–Crippen MR) is 94.8 cm³/mol. The second kappa shape index (κ2) is 8.63. The number of benzene rings is 1. The number of carbonyl (C=O) groups excluding carboxylic acids is 2. The molecule has 2 aromatic rings. The summed E-state index contributed by atoms with van der Waals surface area (Å²) in [6, 6.07) is 8.16. The topological polar surface area (TPSA) is 118 Å². The van der Waals surface area contributed by atoms with Gasteiger partial charge in [0, 0.05) is 12.1 Å². The second-order valence-corrected chi connectivity index (χ2v) is 7.28. The van der Waals surface area contributed by atoms with Crippen molar-refractivity contribution in [3.8, 4) is 0 Å². The first kappa shape index (κ1) is 19.7. The lowest BCUT2D eigenvalue weighted by molar-refractivity contribution is -0.122. The number of carbonyl (C=O) groups is 2. The van der Waals surface area contributed by atoms with Gasteiger partial charge in [0.05, 0.1) is 17.7 Å². The quantitative estimate of drug-likeness (QED) is 0.633. The van der Waals surface area contributed by atoms with E-state index in [-0.39, 0.29) is 29.5 Å². The van der Waals surface area contributed by atoms with Gasteiger partial charge >= 0.3 is 0 Å². The summed E-state index contributed by atoms with van der Waals surface area (Å²) in [6.07, 6.45) is 1.51. The number of hydrogen-bond acceptors (Lipinski definition) is 5. The summed E-state index contributed by atoms with van der Waals surface area (Å²) in [5.74, 6) is -0.228. The summed E-state index contributed by atoms with van der Waals surface area (Å²) in [7, 11) is -3.57. The smallest absolute Gasteiger partial charge is 0.251 e. The minimum Gasteiger partial charge on any atom is -0.467 e. The molecule has 1 aromatic heterocycles. The Morgan fingerprint density at radius 3 is 2.42 bits per heavy atom. The van der Waals surface area contributed by atoms with E-state index in [9.17, 15) is 18.0 Å². The fraction of sp³-hybridized carbons (Fsp3) is 0.294. The number of furan rings is 1. The molecule has 1 unspecified atom stereocenters. The van der Waals surface area contributed by atoms with E-state index in [1.807, 2.05) is 0 Å². The minimum atomic E-state index is -3.57. The van der Waals surface area contributed by atoms with Crippen LogP contribution in [0.15, 0.2) is 52.0 Å². The third-order valence-electron chi connectivity index (χ3n) is 3.52. The molecular formula is C17H21N3O5S. The lowest BCUT2D eigenvalue weighted by atomic mass is 10.2. The summed E-state index contributed by atoms with van der Waals surface area (Å²) in [6.45, 7) is 3.73. The van der Waals surface area contributed by atoms with Crippen LogP contribution in [0.1, 0.15) is 30.0 Å². The molecule has 1 heterocycles. The lowest BCUT2D eigenvalue weighted by Gasteiger charge is -2.14. The number of sulfonamides is 1. The molecule has 0 fully saturated rings. The third-order valence-corrected chi connectivity index (χ3v) is 5.08. The van der Waals surface area contributed by atoms with Crippen LogP contribution in [0.4, 0.5) is 0 Å². The molecule has 0 spiro atoms. The molecule has 9 heteroatoms. The molecule has 0 saturated carbocycles. The van der Waals surface area contributed by atoms with Crippen LogP contribution < -0.4 is 15.4 Å². The van der Waals surface area contributed by atoms with Gasteiger partial charge in [-0.05, 0) is 43.3 Å². The molecule has 0 radical (unpaired) electrons. The van der Waals surface area contributed by atoms with Crippen LogP contribution in [-0.2, 0) is 21.4 Å². The van der Waals surface area contributed by atoms with E-state index in [1.54, 1.807) is 26.0 Å². The molecule has 2 amide bonds. The van der Waals surface area contributed by atoms with Crippen molar-refractivity contribution in [3.63, 3.8) is 0 Å². The van der Waals surface area contributed by atoms with Crippen molar-refractivity contribution < 1.29 is 22.4 Å². The highest BCUT2D eigenvalue weighted by Gasteiger charge is 2.18. The van der Waals surface area contributed by atoms with Gasteiger partial charge in [-0.2, -0.15) is 0 Å². The molecule has 0 saturated heterocycles. The number of amides is 2.